The van der Waals surface area contributed by atoms with Gasteiger partial charge >= 0.3 is 0 Å². The maximum Gasteiger partial charge on any atom is 0.0645 e. The average molecular weight is 238 g/mol. The minimum atomic E-state index is 0.155. The summed E-state index contributed by atoms with van der Waals surface area (Å²) in [5.41, 5.74) is 6.67. The highest BCUT2D eigenvalue weighted by atomic mass is 16.5. The molecule has 17 heavy (non-hydrogen) atoms. The molecule has 3 heteroatoms. The molecule has 0 aromatic rings. The molecule has 3 rings (SSSR count). The van der Waals surface area contributed by atoms with Gasteiger partial charge in [0.05, 0.1) is 13.2 Å². The number of hydrogen-bond acceptors (Lipinski definition) is 3. The Bertz CT molecular complexity index is 305. The molecule has 3 nitrogen and oxygen atoms in total. The number of morpholine rings is 1. The third-order valence-corrected chi connectivity index (χ3v) is 5.48. The van der Waals surface area contributed by atoms with Crippen LogP contribution in [0.15, 0.2) is 0 Å². The molecule has 3 atom stereocenters. The normalized spacial score (nSPS) is 45.4. The van der Waals surface area contributed by atoms with Crippen LogP contribution in [0.25, 0.3) is 0 Å². The number of hydrogen-bond donors (Lipinski definition) is 1. The maximum absolute atomic E-state index is 6.22. The van der Waals surface area contributed by atoms with Crippen LogP contribution < -0.4 is 5.73 Å². The van der Waals surface area contributed by atoms with Crippen LogP contribution in [-0.2, 0) is 4.74 Å². The number of fused-ring (bicyclic) bond motifs is 2. The SMILES string of the molecule is CC1(C)COCCN1C1(CN)CC2CCC1C2. The summed E-state index contributed by atoms with van der Waals surface area (Å²) in [6.45, 7) is 8.25. The van der Waals surface area contributed by atoms with Crippen LogP contribution in [0.1, 0.15) is 39.5 Å². The highest BCUT2D eigenvalue weighted by Gasteiger charge is 2.56. The molecule has 2 N–H and O–H groups in total. The molecule has 2 bridgehead atoms. The van der Waals surface area contributed by atoms with E-state index in [1.165, 1.54) is 25.7 Å². The van der Waals surface area contributed by atoms with E-state index >= 15 is 0 Å². The van der Waals surface area contributed by atoms with E-state index in [1.54, 1.807) is 0 Å². The van der Waals surface area contributed by atoms with E-state index in [0.717, 1.165) is 38.1 Å². The monoisotopic (exact) mass is 238 g/mol. The van der Waals surface area contributed by atoms with Gasteiger partial charge in [-0.1, -0.05) is 6.42 Å². The van der Waals surface area contributed by atoms with Crippen LogP contribution in [-0.4, -0.2) is 42.3 Å². The van der Waals surface area contributed by atoms with E-state index in [-0.39, 0.29) is 11.1 Å². The van der Waals surface area contributed by atoms with Crippen molar-refractivity contribution in [2.24, 2.45) is 17.6 Å². The summed E-state index contributed by atoms with van der Waals surface area (Å²) < 4.78 is 5.66. The quantitative estimate of drug-likeness (QED) is 0.794. The molecule has 2 saturated carbocycles. The zero-order valence-corrected chi connectivity index (χ0v) is 11.2. The lowest BCUT2D eigenvalue weighted by molar-refractivity contribution is -0.119. The molecule has 2 aliphatic carbocycles. The second-order valence-electron chi connectivity index (χ2n) is 6.90. The van der Waals surface area contributed by atoms with Crippen molar-refractivity contribution < 1.29 is 4.74 Å². The smallest absolute Gasteiger partial charge is 0.0645 e. The number of nitrogens with two attached hydrogens (primary N) is 1. The Labute approximate surface area is 105 Å². The largest absolute Gasteiger partial charge is 0.378 e. The lowest BCUT2D eigenvalue weighted by Crippen LogP contribution is -2.67. The summed E-state index contributed by atoms with van der Waals surface area (Å²) in [6, 6.07) is 0. The van der Waals surface area contributed by atoms with Gasteiger partial charge in [-0.25, -0.2) is 0 Å². The minimum Gasteiger partial charge on any atom is -0.378 e. The van der Waals surface area contributed by atoms with Gasteiger partial charge in [-0.05, 0) is 44.9 Å². The molecule has 3 aliphatic rings. The standard InChI is InChI=1S/C14H26N2O/c1-13(2)10-17-6-5-16(13)14(9-15)8-11-3-4-12(14)7-11/h11-12H,3-10,15H2,1-2H3. The summed E-state index contributed by atoms with van der Waals surface area (Å²) >= 11 is 0. The third kappa shape index (κ3) is 1.66. The maximum atomic E-state index is 6.22. The van der Waals surface area contributed by atoms with Crippen LogP contribution in [0.2, 0.25) is 0 Å². The van der Waals surface area contributed by atoms with Gasteiger partial charge in [-0.2, -0.15) is 0 Å². The zero-order chi connectivity index (χ0) is 12.1. The Morgan fingerprint density at radius 2 is 2.18 bits per heavy atom. The summed E-state index contributed by atoms with van der Waals surface area (Å²) in [6.07, 6.45) is 5.59. The van der Waals surface area contributed by atoms with E-state index in [2.05, 4.69) is 18.7 Å². The van der Waals surface area contributed by atoms with Crippen molar-refractivity contribution in [3.8, 4) is 0 Å². The first-order chi connectivity index (χ1) is 8.08. The molecule has 0 amide bonds. The third-order valence-electron chi connectivity index (χ3n) is 5.48. The van der Waals surface area contributed by atoms with Gasteiger partial charge in [-0.3, -0.25) is 4.90 Å². The van der Waals surface area contributed by atoms with Gasteiger partial charge in [0.1, 0.15) is 0 Å². The Morgan fingerprint density at radius 1 is 1.35 bits per heavy atom. The van der Waals surface area contributed by atoms with Crippen LogP contribution in [0.5, 0.6) is 0 Å². The molecule has 1 aliphatic heterocycles. The predicted octanol–water partition coefficient (Wildman–Crippen LogP) is 1.61. The Balaban J connectivity index is 1.89. The first kappa shape index (κ1) is 11.9. The zero-order valence-electron chi connectivity index (χ0n) is 11.2. The second kappa shape index (κ2) is 3.94. The van der Waals surface area contributed by atoms with Gasteiger partial charge in [0.25, 0.3) is 0 Å². The van der Waals surface area contributed by atoms with E-state index in [1.807, 2.05) is 0 Å². The lowest BCUT2D eigenvalue weighted by atomic mass is 9.76. The molecule has 0 aromatic carbocycles. The Morgan fingerprint density at radius 3 is 2.71 bits per heavy atom. The first-order valence-electron chi connectivity index (χ1n) is 7.14. The summed E-state index contributed by atoms with van der Waals surface area (Å²) in [5.74, 6) is 1.79. The van der Waals surface area contributed by atoms with Gasteiger partial charge in [0.15, 0.2) is 0 Å². The Hall–Kier alpha value is -0.120. The first-order valence-corrected chi connectivity index (χ1v) is 7.14. The molecule has 3 fully saturated rings. The summed E-state index contributed by atoms with van der Waals surface area (Å²) in [7, 11) is 0. The fraction of sp³-hybridized carbons (Fsp3) is 1.00. The molecule has 1 saturated heterocycles. The number of nitrogens with zero attached hydrogens (tertiary/aromatic N) is 1. The van der Waals surface area contributed by atoms with Gasteiger partial charge in [0.2, 0.25) is 0 Å². The molecular formula is C14H26N2O. The van der Waals surface area contributed by atoms with Crippen LogP contribution in [0.3, 0.4) is 0 Å². The van der Waals surface area contributed by atoms with Crippen molar-refractivity contribution in [1.82, 2.24) is 4.90 Å². The number of ether oxygens (including phenoxy) is 1. The van der Waals surface area contributed by atoms with Crippen molar-refractivity contribution in [2.45, 2.75) is 50.6 Å². The summed E-state index contributed by atoms with van der Waals surface area (Å²) in [4.78, 5) is 2.70. The molecule has 3 unspecified atom stereocenters. The highest BCUT2D eigenvalue weighted by Crippen LogP contribution is 2.54. The predicted molar refractivity (Wildman–Crippen MR) is 68.8 cm³/mol. The molecule has 1 heterocycles. The molecule has 0 aromatic heterocycles. The fourth-order valence-electron chi connectivity index (χ4n) is 4.79. The van der Waals surface area contributed by atoms with Gasteiger partial charge in [-0.15, -0.1) is 0 Å². The summed E-state index contributed by atoms with van der Waals surface area (Å²) in [5, 5.41) is 0. The average Bonchev–Trinajstić information content (AvgIpc) is 2.88. The Kier molecular flexibility index (Phi) is 2.77. The van der Waals surface area contributed by atoms with Crippen LogP contribution in [0, 0.1) is 11.8 Å². The van der Waals surface area contributed by atoms with E-state index in [0.29, 0.717) is 0 Å². The molecule has 98 valence electrons. The highest BCUT2D eigenvalue weighted by molar-refractivity contribution is 5.11. The van der Waals surface area contributed by atoms with Crippen LogP contribution in [0.4, 0.5) is 0 Å². The second-order valence-corrected chi connectivity index (χ2v) is 6.90. The van der Waals surface area contributed by atoms with E-state index in [9.17, 15) is 0 Å². The van der Waals surface area contributed by atoms with Crippen molar-refractivity contribution in [3.63, 3.8) is 0 Å². The fourth-order valence-corrected chi connectivity index (χ4v) is 4.79. The lowest BCUT2D eigenvalue weighted by Gasteiger charge is -2.55. The topological polar surface area (TPSA) is 38.5 Å². The molecule has 0 radical (unpaired) electrons. The van der Waals surface area contributed by atoms with Gasteiger partial charge in [0, 0.05) is 24.2 Å². The van der Waals surface area contributed by atoms with Crippen molar-refractivity contribution >= 4 is 0 Å². The van der Waals surface area contributed by atoms with Crippen molar-refractivity contribution in [2.75, 3.05) is 26.3 Å². The van der Waals surface area contributed by atoms with Crippen LogP contribution >= 0.6 is 0 Å². The van der Waals surface area contributed by atoms with Crippen molar-refractivity contribution in [3.05, 3.63) is 0 Å². The van der Waals surface area contributed by atoms with E-state index < -0.39 is 0 Å². The number of rotatable bonds is 2. The minimum absolute atomic E-state index is 0.155. The van der Waals surface area contributed by atoms with Crippen molar-refractivity contribution in [1.29, 1.82) is 0 Å². The molecular weight excluding hydrogens is 212 g/mol. The van der Waals surface area contributed by atoms with Gasteiger partial charge < -0.3 is 10.5 Å². The molecule has 0 spiro atoms. The van der Waals surface area contributed by atoms with E-state index in [4.69, 9.17) is 10.5 Å².